The fraction of sp³-hybridized carbons (Fsp3) is 1.00. The summed E-state index contributed by atoms with van der Waals surface area (Å²) in [6, 6.07) is 0.447. The molecule has 2 N–H and O–H groups in total. The average Bonchev–Trinajstić information content (AvgIpc) is 2.18. The molecule has 0 aliphatic carbocycles. The van der Waals surface area contributed by atoms with Gasteiger partial charge in [-0.1, -0.05) is 6.42 Å². The van der Waals surface area contributed by atoms with Crippen LogP contribution in [0.5, 0.6) is 0 Å². The minimum absolute atomic E-state index is 0.106. The molecule has 0 saturated carbocycles. The van der Waals surface area contributed by atoms with Gasteiger partial charge in [0.1, 0.15) is 0 Å². The molecule has 76 valence electrons. The first-order valence-electron chi connectivity index (χ1n) is 5.36. The first-order valence-corrected chi connectivity index (χ1v) is 5.36. The Kier molecular flexibility index (Phi) is 2.86. The summed E-state index contributed by atoms with van der Waals surface area (Å²) < 4.78 is 0. The smallest absolute Gasteiger partial charge is 0.0617 e. The quantitative estimate of drug-likeness (QED) is 0.614. The van der Waals surface area contributed by atoms with Gasteiger partial charge in [0.25, 0.3) is 0 Å². The topological polar surface area (TPSA) is 43.7 Å². The van der Waals surface area contributed by atoms with E-state index in [1.54, 1.807) is 0 Å². The monoisotopic (exact) mass is 185 g/mol. The summed E-state index contributed by atoms with van der Waals surface area (Å²) in [7, 11) is 0. The fourth-order valence-corrected chi connectivity index (χ4v) is 2.79. The maximum absolute atomic E-state index is 9.72. The summed E-state index contributed by atoms with van der Waals surface area (Å²) >= 11 is 0. The van der Waals surface area contributed by atoms with Crippen molar-refractivity contribution in [1.29, 1.82) is 0 Å². The van der Waals surface area contributed by atoms with Crippen molar-refractivity contribution in [2.24, 2.45) is 5.92 Å². The normalized spacial score (nSPS) is 41.5. The van der Waals surface area contributed by atoms with Crippen molar-refractivity contribution in [2.45, 2.75) is 37.8 Å². The Morgan fingerprint density at radius 1 is 1.15 bits per heavy atom. The van der Waals surface area contributed by atoms with Crippen LogP contribution in [0, 0.1) is 5.92 Å². The van der Waals surface area contributed by atoms with Crippen LogP contribution in [-0.4, -0.2) is 47.0 Å². The van der Waals surface area contributed by atoms with E-state index in [1.165, 1.54) is 12.8 Å². The first kappa shape index (κ1) is 9.44. The van der Waals surface area contributed by atoms with Gasteiger partial charge in [-0.3, -0.25) is 4.90 Å². The van der Waals surface area contributed by atoms with Gasteiger partial charge in [0, 0.05) is 25.1 Å². The molecular formula is C10H19NO2. The van der Waals surface area contributed by atoms with Gasteiger partial charge in [0.05, 0.1) is 6.10 Å². The zero-order valence-electron chi connectivity index (χ0n) is 8.02. The third kappa shape index (κ3) is 1.73. The first-order chi connectivity index (χ1) is 6.33. The Balaban J connectivity index is 2.04. The molecule has 2 saturated heterocycles. The summed E-state index contributed by atoms with van der Waals surface area (Å²) in [4.78, 5) is 2.44. The van der Waals surface area contributed by atoms with E-state index >= 15 is 0 Å². The second-order valence-corrected chi connectivity index (χ2v) is 4.30. The zero-order valence-corrected chi connectivity index (χ0v) is 8.02. The Morgan fingerprint density at radius 2 is 2.00 bits per heavy atom. The van der Waals surface area contributed by atoms with Crippen molar-refractivity contribution >= 4 is 0 Å². The highest BCUT2D eigenvalue weighted by Crippen LogP contribution is 2.30. The maximum atomic E-state index is 9.72. The van der Waals surface area contributed by atoms with Crippen LogP contribution in [0.15, 0.2) is 0 Å². The molecule has 2 heterocycles. The van der Waals surface area contributed by atoms with Crippen LogP contribution >= 0.6 is 0 Å². The summed E-state index contributed by atoms with van der Waals surface area (Å²) in [6.45, 7) is 2.32. The SMILES string of the molecule is OCC1C(O)CCN2CCCCC12. The molecule has 3 nitrogen and oxygen atoms in total. The van der Waals surface area contributed by atoms with Crippen molar-refractivity contribution in [3.8, 4) is 0 Å². The van der Waals surface area contributed by atoms with E-state index in [9.17, 15) is 10.2 Å². The molecule has 3 atom stereocenters. The average molecular weight is 185 g/mol. The van der Waals surface area contributed by atoms with Crippen molar-refractivity contribution in [3.63, 3.8) is 0 Å². The second-order valence-electron chi connectivity index (χ2n) is 4.30. The summed E-state index contributed by atoms with van der Waals surface area (Å²) in [5.74, 6) is 0.106. The Hall–Kier alpha value is -0.120. The molecule has 2 aliphatic heterocycles. The van der Waals surface area contributed by atoms with Crippen molar-refractivity contribution in [2.75, 3.05) is 19.7 Å². The van der Waals surface area contributed by atoms with Crippen LogP contribution in [-0.2, 0) is 0 Å². The number of aliphatic hydroxyl groups is 2. The van der Waals surface area contributed by atoms with Gasteiger partial charge in [0.15, 0.2) is 0 Å². The molecule has 0 amide bonds. The number of hydrogen-bond acceptors (Lipinski definition) is 3. The molecule has 0 aromatic carbocycles. The van der Waals surface area contributed by atoms with E-state index in [-0.39, 0.29) is 18.6 Å². The van der Waals surface area contributed by atoms with Gasteiger partial charge in [-0.05, 0) is 25.8 Å². The van der Waals surface area contributed by atoms with E-state index in [1.807, 2.05) is 0 Å². The van der Waals surface area contributed by atoms with Crippen molar-refractivity contribution in [3.05, 3.63) is 0 Å². The van der Waals surface area contributed by atoms with Gasteiger partial charge in [0.2, 0.25) is 0 Å². The maximum Gasteiger partial charge on any atom is 0.0617 e. The molecule has 13 heavy (non-hydrogen) atoms. The molecule has 2 rings (SSSR count). The van der Waals surface area contributed by atoms with E-state index in [4.69, 9.17) is 0 Å². The molecular weight excluding hydrogens is 166 g/mol. The number of piperidine rings is 2. The van der Waals surface area contributed by atoms with Crippen LogP contribution < -0.4 is 0 Å². The molecule has 0 spiro atoms. The third-order valence-electron chi connectivity index (χ3n) is 3.58. The second kappa shape index (κ2) is 3.95. The Bertz CT molecular complexity index is 174. The molecule has 0 aromatic heterocycles. The van der Waals surface area contributed by atoms with Gasteiger partial charge in [-0.15, -0.1) is 0 Å². The van der Waals surface area contributed by atoms with E-state index in [0.717, 1.165) is 25.9 Å². The summed E-state index contributed by atoms with van der Waals surface area (Å²) in [5.41, 5.74) is 0. The lowest BCUT2D eigenvalue weighted by atomic mass is 9.82. The number of nitrogens with zero attached hydrogens (tertiary/aromatic N) is 1. The highest BCUT2D eigenvalue weighted by Gasteiger charge is 2.37. The summed E-state index contributed by atoms with van der Waals surface area (Å²) in [6.07, 6.45) is 4.25. The van der Waals surface area contributed by atoms with E-state index in [0.29, 0.717) is 6.04 Å². The lowest BCUT2D eigenvalue weighted by molar-refractivity contribution is -0.0522. The van der Waals surface area contributed by atoms with Gasteiger partial charge in [-0.2, -0.15) is 0 Å². The lowest BCUT2D eigenvalue weighted by Crippen LogP contribution is -2.54. The van der Waals surface area contributed by atoms with Gasteiger partial charge in [-0.25, -0.2) is 0 Å². The van der Waals surface area contributed by atoms with Crippen molar-refractivity contribution in [1.82, 2.24) is 4.90 Å². The lowest BCUT2D eigenvalue weighted by Gasteiger charge is -2.45. The zero-order chi connectivity index (χ0) is 9.26. The van der Waals surface area contributed by atoms with E-state index in [2.05, 4.69) is 4.90 Å². The minimum Gasteiger partial charge on any atom is -0.396 e. The predicted octanol–water partition coefficient (Wildman–Crippen LogP) is 0.214. The van der Waals surface area contributed by atoms with Crippen LogP contribution in [0.2, 0.25) is 0 Å². The van der Waals surface area contributed by atoms with Crippen LogP contribution in [0.4, 0.5) is 0 Å². The molecule has 3 heteroatoms. The van der Waals surface area contributed by atoms with Crippen LogP contribution in [0.1, 0.15) is 25.7 Å². The van der Waals surface area contributed by atoms with Gasteiger partial charge >= 0.3 is 0 Å². The largest absolute Gasteiger partial charge is 0.396 e. The molecule has 2 aliphatic rings. The molecule has 3 unspecified atom stereocenters. The Morgan fingerprint density at radius 3 is 2.77 bits per heavy atom. The van der Waals surface area contributed by atoms with Crippen LogP contribution in [0.3, 0.4) is 0 Å². The third-order valence-corrected chi connectivity index (χ3v) is 3.58. The summed E-state index contributed by atoms with van der Waals surface area (Å²) in [5, 5.41) is 18.9. The number of rotatable bonds is 1. The molecule has 0 aromatic rings. The van der Waals surface area contributed by atoms with Gasteiger partial charge < -0.3 is 10.2 Å². The molecule has 0 bridgehead atoms. The number of hydrogen-bond donors (Lipinski definition) is 2. The highest BCUT2D eigenvalue weighted by atomic mass is 16.3. The fourth-order valence-electron chi connectivity index (χ4n) is 2.79. The minimum atomic E-state index is -0.274. The molecule has 0 radical (unpaired) electrons. The number of aliphatic hydroxyl groups excluding tert-OH is 2. The van der Waals surface area contributed by atoms with E-state index < -0.39 is 0 Å². The highest BCUT2D eigenvalue weighted by molar-refractivity contribution is 4.91. The molecule has 2 fully saturated rings. The van der Waals surface area contributed by atoms with Crippen LogP contribution in [0.25, 0.3) is 0 Å². The van der Waals surface area contributed by atoms with Crippen molar-refractivity contribution < 1.29 is 10.2 Å². The predicted molar refractivity (Wildman–Crippen MR) is 50.4 cm³/mol. The number of fused-ring (bicyclic) bond motifs is 1. The Labute approximate surface area is 79.4 Å². The standard InChI is InChI=1S/C10H19NO2/c12-7-8-9-3-1-2-5-11(9)6-4-10(8)13/h8-10,12-13H,1-7H2.